The molecule has 0 aliphatic heterocycles. The van der Waals surface area contributed by atoms with Gasteiger partial charge < -0.3 is 16.0 Å². The second-order valence-electron chi connectivity index (χ2n) is 4.20. The molecule has 6 heteroatoms. The van der Waals surface area contributed by atoms with Crippen LogP contribution in [0.2, 0.25) is 0 Å². The van der Waals surface area contributed by atoms with E-state index in [1.807, 2.05) is 13.8 Å². The van der Waals surface area contributed by atoms with Crippen LogP contribution in [0.15, 0.2) is 12.4 Å². The zero-order chi connectivity index (χ0) is 12.8. The molecule has 1 atom stereocenters. The molecule has 4 N–H and O–H groups in total. The monoisotopic (exact) mass is 254 g/mol. The number of amides is 1. The van der Waals surface area contributed by atoms with E-state index in [9.17, 15) is 4.79 Å². The molecule has 1 amide bonds. The van der Waals surface area contributed by atoms with Gasteiger partial charge in [-0.15, -0.1) is 0 Å². The first-order valence-corrected chi connectivity index (χ1v) is 5.98. The number of carbonyl (C=O) groups is 1. The lowest BCUT2D eigenvalue weighted by molar-refractivity contribution is -0.123. The predicted octanol–water partition coefficient (Wildman–Crippen LogP) is 0.627. The molecule has 0 aromatic carbocycles. The summed E-state index contributed by atoms with van der Waals surface area (Å²) < 4.78 is 0. The van der Waals surface area contributed by atoms with Crippen molar-refractivity contribution in [3.63, 3.8) is 0 Å². The number of hydrogen-bond donors (Lipinski definition) is 3. The maximum atomic E-state index is 11.8. The van der Waals surface area contributed by atoms with Crippen LogP contribution in [0.1, 0.15) is 19.7 Å². The Morgan fingerprint density at radius 2 is 2.35 bits per heavy atom. The topological polar surface area (TPSA) is 83.8 Å². The number of carbonyl (C=O) groups excluding carboxylic acids is 1. The molecule has 1 unspecified atom stereocenters. The van der Waals surface area contributed by atoms with Crippen molar-refractivity contribution in [1.29, 1.82) is 0 Å². The number of H-pyrrole nitrogens is 1. The van der Waals surface area contributed by atoms with Crippen LogP contribution < -0.4 is 11.1 Å². The van der Waals surface area contributed by atoms with Crippen molar-refractivity contribution in [3.05, 3.63) is 18.2 Å². The minimum Gasteiger partial charge on any atom is -0.393 e. The van der Waals surface area contributed by atoms with Crippen molar-refractivity contribution in [2.24, 2.45) is 17.6 Å². The number of nitrogens with one attached hydrogen (secondary N) is 2. The van der Waals surface area contributed by atoms with Gasteiger partial charge in [0.2, 0.25) is 5.91 Å². The minimum atomic E-state index is -0.401. The van der Waals surface area contributed by atoms with Crippen LogP contribution in [-0.2, 0) is 11.2 Å². The number of hydrogen-bond acceptors (Lipinski definition) is 3. The van der Waals surface area contributed by atoms with E-state index in [2.05, 4.69) is 15.3 Å². The summed E-state index contributed by atoms with van der Waals surface area (Å²) in [7, 11) is 0. The summed E-state index contributed by atoms with van der Waals surface area (Å²) in [4.78, 5) is 19.1. The highest BCUT2D eigenvalue weighted by molar-refractivity contribution is 7.80. The molecule has 1 rings (SSSR count). The number of nitrogens with zero attached hydrogens (tertiary/aromatic N) is 1. The Morgan fingerprint density at radius 3 is 2.82 bits per heavy atom. The molecular weight excluding hydrogens is 236 g/mol. The molecule has 0 aliphatic rings. The van der Waals surface area contributed by atoms with Gasteiger partial charge in [0.25, 0.3) is 0 Å². The van der Waals surface area contributed by atoms with Crippen molar-refractivity contribution in [3.8, 4) is 0 Å². The fourth-order valence-electron chi connectivity index (χ4n) is 1.61. The van der Waals surface area contributed by atoms with Gasteiger partial charge in [-0.25, -0.2) is 4.98 Å². The smallest absolute Gasteiger partial charge is 0.230 e. The van der Waals surface area contributed by atoms with Gasteiger partial charge in [0, 0.05) is 25.4 Å². The molecule has 0 saturated carbocycles. The average Bonchev–Trinajstić information content (AvgIpc) is 2.69. The zero-order valence-corrected chi connectivity index (χ0v) is 10.9. The molecule has 0 bridgehead atoms. The van der Waals surface area contributed by atoms with Crippen molar-refractivity contribution in [2.75, 3.05) is 6.54 Å². The van der Waals surface area contributed by atoms with Gasteiger partial charge in [0.15, 0.2) is 0 Å². The van der Waals surface area contributed by atoms with E-state index in [4.69, 9.17) is 18.0 Å². The predicted molar refractivity (Wildman–Crippen MR) is 70.4 cm³/mol. The highest BCUT2D eigenvalue weighted by atomic mass is 32.1. The van der Waals surface area contributed by atoms with Crippen molar-refractivity contribution in [1.82, 2.24) is 15.3 Å². The molecule has 0 saturated heterocycles. The van der Waals surface area contributed by atoms with E-state index < -0.39 is 5.92 Å². The second kappa shape index (κ2) is 6.34. The fourth-order valence-corrected chi connectivity index (χ4v) is 1.99. The number of aromatic amines is 1. The van der Waals surface area contributed by atoms with E-state index >= 15 is 0 Å². The fraction of sp³-hybridized carbons (Fsp3) is 0.545. The Bertz CT molecular complexity index is 375. The molecule has 0 fully saturated rings. The van der Waals surface area contributed by atoms with Crippen molar-refractivity contribution >= 4 is 23.1 Å². The highest BCUT2D eigenvalue weighted by Crippen LogP contribution is 2.11. The Hall–Kier alpha value is -1.43. The van der Waals surface area contributed by atoms with E-state index in [-0.39, 0.29) is 16.8 Å². The SMILES string of the molecule is CC(C)C(C(=O)NCCc1ncc[nH]1)C(N)=S. The normalized spacial score (nSPS) is 12.4. The van der Waals surface area contributed by atoms with Crippen LogP contribution in [-0.4, -0.2) is 27.4 Å². The van der Waals surface area contributed by atoms with Crippen molar-refractivity contribution in [2.45, 2.75) is 20.3 Å². The summed E-state index contributed by atoms with van der Waals surface area (Å²) in [5.41, 5.74) is 5.56. The maximum Gasteiger partial charge on any atom is 0.230 e. The van der Waals surface area contributed by atoms with Crippen LogP contribution >= 0.6 is 12.2 Å². The lowest BCUT2D eigenvalue weighted by atomic mass is 9.95. The molecule has 1 aromatic rings. The summed E-state index contributed by atoms with van der Waals surface area (Å²) in [6, 6.07) is 0. The van der Waals surface area contributed by atoms with E-state index in [1.165, 1.54) is 0 Å². The highest BCUT2D eigenvalue weighted by Gasteiger charge is 2.24. The molecule has 0 aliphatic carbocycles. The van der Waals surface area contributed by atoms with Gasteiger partial charge in [-0.1, -0.05) is 26.1 Å². The van der Waals surface area contributed by atoms with E-state index in [0.29, 0.717) is 13.0 Å². The van der Waals surface area contributed by atoms with Crippen molar-refractivity contribution < 1.29 is 4.79 Å². The van der Waals surface area contributed by atoms with Crippen LogP contribution in [0, 0.1) is 11.8 Å². The Labute approximate surface area is 106 Å². The Kier molecular flexibility index (Phi) is 5.09. The maximum absolute atomic E-state index is 11.8. The molecule has 1 heterocycles. The van der Waals surface area contributed by atoms with Gasteiger partial charge >= 0.3 is 0 Å². The number of imidazole rings is 1. The van der Waals surface area contributed by atoms with Gasteiger partial charge in [0.05, 0.1) is 10.9 Å². The minimum absolute atomic E-state index is 0.108. The summed E-state index contributed by atoms with van der Waals surface area (Å²) in [5, 5.41) is 2.82. The van der Waals surface area contributed by atoms with Crippen LogP contribution in [0.4, 0.5) is 0 Å². The first-order chi connectivity index (χ1) is 8.02. The van der Waals surface area contributed by atoms with Crippen LogP contribution in [0.3, 0.4) is 0 Å². The van der Waals surface area contributed by atoms with Gasteiger partial charge in [-0.05, 0) is 5.92 Å². The molecule has 0 radical (unpaired) electrons. The quantitative estimate of drug-likeness (QED) is 0.650. The molecule has 17 heavy (non-hydrogen) atoms. The molecule has 94 valence electrons. The molecule has 5 nitrogen and oxygen atoms in total. The number of nitrogens with two attached hydrogens (primary N) is 1. The third kappa shape index (κ3) is 4.14. The molecule has 1 aromatic heterocycles. The van der Waals surface area contributed by atoms with Gasteiger partial charge in [0.1, 0.15) is 5.82 Å². The average molecular weight is 254 g/mol. The first-order valence-electron chi connectivity index (χ1n) is 5.57. The molecular formula is C11H18N4OS. The van der Waals surface area contributed by atoms with Gasteiger partial charge in [-0.2, -0.15) is 0 Å². The summed E-state index contributed by atoms with van der Waals surface area (Å²) >= 11 is 4.90. The Balaban J connectivity index is 2.40. The second-order valence-corrected chi connectivity index (χ2v) is 4.67. The van der Waals surface area contributed by atoms with Crippen LogP contribution in [0.5, 0.6) is 0 Å². The number of aromatic nitrogens is 2. The third-order valence-corrected chi connectivity index (χ3v) is 2.73. The van der Waals surface area contributed by atoms with E-state index in [0.717, 1.165) is 5.82 Å². The molecule has 0 spiro atoms. The largest absolute Gasteiger partial charge is 0.393 e. The third-order valence-electron chi connectivity index (χ3n) is 2.47. The van der Waals surface area contributed by atoms with E-state index in [1.54, 1.807) is 12.4 Å². The summed E-state index contributed by atoms with van der Waals surface area (Å²) in [6.07, 6.45) is 4.10. The lowest BCUT2D eigenvalue weighted by Gasteiger charge is -2.18. The van der Waals surface area contributed by atoms with Crippen LogP contribution in [0.25, 0.3) is 0 Å². The van der Waals surface area contributed by atoms with Gasteiger partial charge in [-0.3, -0.25) is 4.79 Å². The number of thiocarbonyl (C=S) groups is 1. The summed E-state index contributed by atoms with van der Waals surface area (Å²) in [6.45, 7) is 4.38. The number of rotatable bonds is 6. The Morgan fingerprint density at radius 1 is 1.65 bits per heavy atom. The standard InChI is InChI=1S/C11H18N4OS/c1-7(2)9(10(12)17)11(16)15-4-3-8-13-5-6-14-8/h5-7,9H,3-4H2,1-2H3,(H2,12,17)(H,13,14)(H,15,16). The lowest BCUT2D eigenvalue weighted by Crippen LogP contribution is -2.41. The zero-order valence-electron chi connectivity index (χ0n) is 10.1. The summed E-state index contributed by atoms with van der Waals surface area (Å²) in [5.74, 6) is 0.443. The first kappa shape index (κ1) is 13.6.